The highest BCUT2D eigenvalue weighted by molar-refractivity contribution is 6.36. The van der Waals surface area contributed by atoms with E-state index in [-0.39, 0.29) is 12.0 Å². The molecule has 1 heterocycles. The second-order valence-electron chi connectivity index (χ2n) is 4.79. The molecule has 3 nitrogen and oxygen atoms in total. The Labute approximate surface area is 116 Å². The maximum Gasteiger partial charge on any atom is 0.302 e. The summed E-state index contributed by atoms with van der Waals surface area (Å²) < 4.78 is 5.06. The maximum atomic E-state index is 10.9. The minimum Gasteiger partial charge on any atom is -0.464 e. The number of esters is 1. The van der Waals surface area contributed by atoms with Crippen LogP contribution < -0.4 is 5.32 Å². The molecule has 1 aliphatic heterocycles. The molecule has 2 aromatic rings. The Morgan fingerprint density at radius 1 is 1.42 bits per heavy atom. The van der Waals surface area contributed by atoms with Crippen molar-refractivity contribution in [3.63, 3.8) is 0 Å². The summed E-state index contributed by atoms with van der Waals surface area (Å²) >= 11 is 6.30. The number of rotatable bonds is 2. The summed E-state index contributed by atoms with van der Waals surface area (Å²) in [5.41, 5.74) is 2.29. The number of carbonyl (C=O) groups is 1. The van der Waals surface area contributed by atoms with Crippen LogP contribution in [0.2, 0.25) is 5.02 Å². The zero-order valence-electron chi connectivity index (χ0n) is 10.6. The third kappa shape index (κ3) is 2.26. The summed E-state index contributed by atoms with van der Waals surface area (Å²) in [5.74, 6) is -0.249. The Morgan fingerprint density at radius 3 is 2.89 bits per heavy atom. The molecule has 0 saturated heterocycles. The predicted octanol–water partition coefficient (Wildman–Crippen LogP) is 3.39. The van der Waals surface area contributed by atoms with Crippen LogP contribution in [0, 0.1) is 0 Å². The van der Waals surface area contributed by atoms with E-state index in [9.17, 15) is 4.79 Å². The minimum atomic E-state index is -0.249. The molecule has 19 heavy (non-hydrogen) atoms. The number of carbonyl (C=O) groups excluding carboxylic acids is 1. The summed E-state index contributed by atoms with van der Waals surface area (Å²) in [6, 6.07) is 10.2. The smallest absolute Gasteiger partial charge is 0.302 e. The second kappa shape index (κ2) is 4.74. The molecule has 98 valence electrons. The zero-order chi connectivity index (χ0) is 13.4. The third-order valence-corrected chi connectivity index (χ3v) is 3.69. The van der Waals surface area contributed by atoms with Crippen LogP contribution in [0.3, 0.4) is 0 Å². The average Bonchev–Trinajstić information content (AvgIpc) is 2.80. The van der Waals surface area contributed by atoms with Gasteiger partial charge in [0.05, 0.1) is 6.04 Å². The Bertz CT molecular complexity index is 654. The van der Waals surface area contributed by atoms with E-state index in [4.69, 9.17) is 16.3 Å². The molecule has 1 atom stereocenters. The largest absolute Gasteiger partial charge is 0.464 e. The first kappa shape index (κ1) is 12.3. The molecule has 4 heteroatoms. The van der Waals surface area contributed by atoms with E-state index in [2.05, 4.69) is 11.4 Å². The van der Waals surface area contributed by atoms with E-state index < -0.39 is 0 Å². The summed E-state index contributed by atoms with van der Waals surface area (Å²) in [4.78, 5) is 10.9. The fourth-order valence-corrected chi connectivity index (χ4v) is 2.85. The summed E-state index contributed by atoms with van der Waals surface area (Å²) in [7, 11) is 0. The van der Waals surface area contributed by atoms with Crippen molar-refractivity contribution in [2.45, 2.75) is 19.4 Å². The van der Waals surface area contributed by atoms with Crippen molar-refractivity contribution in [1.29, 1.82) is 0 Å². The van der Waals surface area contributed by atoms with E-state index in [0.29, 0.717) is 6.61 Å². The average molecular weight is 276 g/mol. The quantitative estimate of drug-likeness (QED) is 0.854. The number of fused-ring (bicyclic) bond motifs is 3. The Balaban J connectivity index is 1.95. The van der Waals surface area contributed by atoms with Crippen molar-refractivity contribution in [3.8, 4) is 0 Å². The van der Waals surface area contributed by atoms with Crippen LogP contribution in [0.1, 0.15) is 12.5 Å². The first-order chi connectivity index (χ1) is 9.15. The molecule has 0 bridgehead atoms. The first-order valence-electron chi connectivity index (χ1n) is 6.25. The van der Waals surface area contributed by atoms with Crippen LogP contribution in [0.25, 0.3) is 10.8 Å². The lowest BCUT2D eigenvalue weighted by Gasteiger charge is -2.11. The highest BCUT2D eigenvalue weighted by atomic mass is 35.5. The summed E-state index contributed by atoms with van der Waals surface area (Å²) in [5, 5.41) is 6.36. The molecule has 0 saturated carbocycles. The molecule has 0 aliphatic carbocycles. The van der Waals surface area contributed by atoms with Gasteiger partial charge in [-0.15, -0.1) is 0 Å². The van der Waals surface area contributed by atoms with Crippen LogP contribution in [0.4, 0.5) is 5.69 Å². The SMILES string of the molecule is CC(=O)OCC1Cc2cc(Cl)c3ccccc3c2N1. The number of anilines is 1. The summed E-state index contributed by atoms with van der Waals surface area (Å²) in [6.07, 6.45) is 0.827. The van der Waals surface area contributed by atoms with Gasteiger partial charge in [0, 0.05) is 28.4 Å². The van der Waals surface area contributed by atoms with Crippen molar-refractivity contribution >= 4 is 34.0 Å². The number of hydrogen-bond donors (Lipinski definition) is 1. The number of ether oxygens (including phenoxy) is 1. The molecule has 0 fully saturated rings. The number of benzene rings is 2. The van der Waals surface area contributed by atoms with E-state index in [1.54, 1.807) is 0 Å². The number of nitrogens with one attached hydrogen (secondary N) is 1. The molecule has 1 unspecified atom stereocenters. The van der Waals surface area contributed by atoms with Crippen LogP contribution in [0.15, 0.2) is 30.3 Å². The monoisotopic (exact) mass is 275 g/mol. The lowest BCUT2D eigenvalue weighted by molar-refractivity contribution is -0.141. The molecule has 2 aromatic carbocycles. The second-order valence-corrected chi connectivity index (χ2v) is 5.19. The van der Waals surface area contributed by atoms with Crippen molar-refractivity contribution in [2.75, 3.05) is 11.9 Å². The van der Waals surface area contributed by atoms with Gasteiger partial charge < -0.3 is 10.1 Å². The Hall–Kier alpha value is -1.74. The van der Waals surface area contributed by atoms with Gasteiger partial charge >= 0.3 is 5.97 Å². The normalized spacial score (nSPS) is 17.1. The van der Waals surface area contributed by atoms with Gasteiger partial charge in [-0.05, 0) is 18.1 Å². The topological polar surface area (TPSA) is 38.3 Å². The predicted molar refractivity (Wildman–Crippen MR) is 76.7 cm³/mol. The molecule has 0 spiro atoms. The first-order valence-corrected chi connectivity index (χ1v) is 6.63. The van der Waals surface area contributed by atoms with Crippen molar-refractivity contribution in [2.24, 2.45) is 0 Å². The van der Waals surface area contributed by atoms with Crippen LogP contribution in [-0.2, 0) is 16.0 Å². The van der Waals surface area contributed by atoms with Gasteiger partial charge in [0.15, 0.2) is 0 Å². The molecule has 3 rings (SSSR count). The maximum absolute atomic E-state index is 10.9. The minimum absolute atomic E-state index is 0.126. The van der Waals surface area contributed by atoms with E-state index in [1.165, 1.54) is 12.5 Å². The molecule has 0 amide bonds. The highest BCUT2D eigenvalue weighted by Crippen LogP contribution is 2.37. The van der Waals surface area contributed by atoms with Gasteiger partial charge in [-0.25, -0.2) is 0 Å². The molecule has 0 radical (unpaired) electrons. The van der Waals surface area contributed by atoms with Gasteiger partial charge in [-0.2, -0.15) is 0 Å². The lowest BCUT2D eigenvalue weighted by Crippen LogP contribution is -2.23. The van der Waals surface area contributed by atoms with Gasteiger partial charge in [0.1, 0.15) is 6.61 Å². The lowest BCUT2D eigenvalue weighted by atomic mass is 10.0. The van der Waals surface area contributed by atoms with Gasteiger partial charge in [-0.1, -0.05) is 35.9 Å². The highest BCUT2D eigenvalue weighted by Gasteiger charge is 2.24. The van der Waals surface area contributed by atoms with Gasteiger partial charge in [0.25, 0.3) is 0 Å². The van der Waals surface area contributed by atoms with Crippen LogP contribution in [0.5, 0.6) is 0 Å². The van der Waals surface area contributed by atoms with E-state index in [1.807, 2.05) is 24.3 Å². The van der Waals surface area contributed by atoms with Gasteiger partial charge in [-0.3, -0.25) is 4.79 Å². The zero-order valence-corrected chi connectivity index (χ0v) is 11.3. The molecule has 1 N–H and O–H groups in total. The van der Waals surface area contributed by atoms with Crippen LogP contribution >= 0.6 is 11.6 Å². The van der Waals surface area contributed by atoms with E-state index in [0.717, 1.165) is 27.9 Å². The fraction of sp³-hybridized carbons (Fsp3) is 0.267. The van der Waals surface area contributed by atoms with Gasteiger partial charge in [0.2, 0.25) is 0 Å². The number of hydrogen-bond acceptors (Lipinski definition) is 3. The van der Waals surface area contributed by atoms with Crippen molar-refractivity contribution in [3.05, 3.63) is 40.9 Å². The van der Waals surface area contributed by atoms with Crippen LogP contribution in [-0.4, -0.2) is 18.6 Å². The Morgan fingerprint density at radius 2 is 2.16 bits per heavy atom. The number of halogens is 1. The molecule has 0 aromatic heterocycles. The summed E-state index contributed by atoms with van der Waals surface area (Å²) in [6.45, 7) is 1.81. The molecular weight excluding hydrogens is 262 g/mol. The molecule has 1 aliphatic rings. The standard InChI is InChI=1S/C15H14ClNO2/c1-9(18)19-8-11-6-10-7-14(16)12-4-2-3-5-13(12)15(10)17-11/h2-5,7,11,17H,6,8H2,1H3. The van der Waals surface area contributed by atoms with E-state index >= 15 is 0 Å². The fourth-order valence-electron chi connectivity index (χ4n) is 2.56. The van der Waals surface area contributed by atoms with Crippen molar-refractivity contribution < 1.29 is 9.53 Å². The Kier molecular flexibility index (Phi) is 3.07. The third-order valence-electron chi connectivity index (χ3n) is 3.38. The van der Waals surface area contributed by atoms with Crippen molar-refractivity contribution in [1.82, 2.24) is 0 Å². The molecular formula is C15H14ClNO2.